The predicted molar refractivity (Wildman–Crippen MR) is 46.3 cm³/mol. The van der Waals surface area contributed by atoms with Crippen LogP contribution in [0.4, 0.5) is 0 Å². The van der Waals surface area contributed by atoms with E-state index < -0.39 is 0 Å². The van der Waals surface area contributed by atoms with Gasteiger partial charge in [0.2, 0.25) is 0 Å². The molecule has 1 saturated carbocycles. The van der Waals surface area contributed by atoms with Crippen LogP contribution in [0, 0.1) is 11.8 Å². The quantitative estimate of drug-likeness (QED) is 0.448. The first kappa shape index (κ1) is 8.51. The number of hydrogen-bond donors (Lipinski definition) is 0. The molecule has 0 heterocycles. The summed E-state index contributed by atoms with van der Waals surface area (Å²) < 4.78 is 0. The lowest BCUT2D eigenvalue weighted by atomic mass is 9.73. The molecule has 0 aromatic heterocycles. The minimum Gasteiger partial charge on any atom is -0.298 e. The van der Waals surface area contributed by atoms with Gasteiger partial charge in [-0.25, -0.2) is 0 Å². The Hall–Kier alpha value is -0.590. The molecule has 0 radical (unpaired) electrons. The fourth-order valence-corrected chi connectivity index (χ4v) is 1.47. The Bertz CT molecular complexity index is 170. The van der Waals surface area contributed by atoms with E-state index in [1.807, 2.05) is 6.92 Å². The van der Waals surface area contributed by atoms with Crippen LogP contribution in [-0.2, 0) is 4.79 Å². The molecular weight excluding hydrogens is 136 g/mol. The van der Waals surface area contributed by atoms with Crippen LogP contribution in [0.25, 0.3) is 0 Å². The van der Waals surface area contributed by atoms with Gasteiger partial charge >= 0.3 is 0 Å². The number of hydrogen-bond acceptors (Lipinski definition) is 1. The van der Waals surface area contributed by atoms with Crippen molar-refractivity contribution in [3.8, 4) is 0 Å². The molecule has 1 heteroatoms. The smallest absolute Gasteiger partial charge is 0.145 e. The highest BCUT2D eigenvalue weighted by Crippen LogP contribution is 2.36. The number of carbonyl (C=O) groups excluding carboxylic acids is 1. The van der Waals surface area contributed by atoms with E-state index in [4.69, 9.17) is 0 Å². The van der Waals surface area contributed by atoms with Crippen molar-refractivity contribution in [3.63, 3.8) is 0 Å². The minimum atomic E-state index is 0.852. The van der Waals surface area contributed by atoms with Crippen molar-refractivity contribution in [2.24, 2.45) is 11.8 Å². The summed E-state index contributed by atoms with van der Waals surface area (Å²) in [7, 11) is 0. The van der Waals surface area contributed by atoms with Gasteiger partial charge in [-0.3, -0.25) is 4.79 Å². The van der Waals surface area contributed by atoms with E-state index >= 15 is 0 Å². The summed E-state index contributed by atoms with van der Waals surface area (Å²) in [5.74, 6) is 1.73. The Labute approximate surface area is 68.5 Å². The van der Waals surface area contributed by atoms with Crippen molar-refractivity contribution in [2.75, 3.05) is 0 Å². The maximum atomic E-state index is 10.2. The van der Waals surface area contributed by atoms with Crippen LogP contribution in [-0.4, -0.2) is 6.29 Å². The summed E-state index contributed by atoms with van der Waals surface area (Å²) in [6, 6.07) is 0. The largest absolute Gasteiger partial charge is 0.298 e. The molecule has 2 atom stereocenters. The Morgan fingerprint density at radius 3 is 2.64 bits per heavy atom. The third-order valence-corrected chi connectivity index (χ3v) is 2.73. The second-order valence-electron chi connectivity index (χ2n) is 3.62. The summed E-state index contributed by atoms with van der Waals surface area (Å²) >= 11 is 0. The monoisotopic (exact) mass is 152 g/mol. The first-order valence-electron chi connectivity index (χ1n) is 4.36. The molecule has 0 N–H and O–H groups in total. The molecule has 1 nitrogen and oxygen atoms in total. The highest BCUT2D eigenvalue weighted by atomic mass is 16.1. The maximum Gasteiger partial charge on any atom is 0.145 e. The highest BCUT2D eigenvalue weighted by molar-refractivity contribution is 5.71. The van der Waals surface area contributed by atoms with Crippen molar-refractivity contribution < 1.29 is 4.79 Å². The van der Waals surface area contributed by atoms with Crippen molar-refractivity contribution >= 4 is 6.29 Å². The molecule has 0 aromatic rings. The van der Waals surface area contributed by atoms with Gasteiger partial charge in [0.25, 0.3) is 0 Å². The van der Waals surface area contributed by atoms with Crippen LogP contribution >= 0.6 is 0 Å². The molecular formula is C10H16O. The van der Waals surface area contributed by atoms with Crippen LogP contribution in [0.1, 0.15) is 33.1 Å². The van der Waals surface area contributed by atoms with Crippen LogP contribution in [0.3, 0.4) is 0 Å². The van der Waals surface area contributed by atoms with Crippen LogP contribution < -0.4 is 0 Å². The molecule has 1 rings (SSSR count). The number of carbonyl (C=O) groups is 1. The third kappa shape index (κ3) is 2.18. The second-order valence-corrected chi connectivity index (χ2v) is 3.62. The van der Waals surface area contributed by atoms with E-state index in [1.165, 1.54) is 12.8 Å². The van der Waals surface area contributed by atoms with Gasteiger partial charge in [0.05, 0.1) is 0 Å². The van der Waals surface area contributed by atoms with E-state index in [0.29, 0.717) is 0 Å². The van der Waals surface area contributed by atoms with Gasteiger partial charge in [-0.2, -0.15) is 0 Å². The van der Waals surface area contributed by atoms with Gasteiger partial charge in [-0.15, -0.1) is 0 Å². The molecule has 1 aliphatic rings. The Morgan fingerprint density at radius 2 is 2.27 bits per heavy atom. The van der Waals surface area contributed by atoms with Gasteiger partial charge in [-0.05, 0) is 37.2 Å². The van der Waals surface area contributed by atoms with Gasteiger partial charge < -0.3 is 0 Å². The van der Waals surface area contributed by atoms with E-state index in [9.17, 15) is 4.79 Å². The van der Waals surface area contributed by atoms with Crippen molar-refractivity contribution in [2.45, 2.75) is 33.1 Å². The molecule has 1 aliphatic carbocycles. The zero-order chi connectivity index (χ0) is 8.27. The molecule has 0 amide bonds. The Morgan fingerprint density at radius 1 is 1.55 bits per heavy atom. The zero-order valence-electron chi connectivity index (χ0n) is 7.34. The third-order valence-electron chi connectivity index (χ3n) is 2.73. The van der Waals surface area contributed by atoms with Gasteiger partial charge in [0.15, 0.2) is 0 Å². The molecule has 62 valence electrons. The van der Waals surface area contributed by atoms with Crippen LogP contribution in [0.5, 0.6) is 0 Å². The average molecular weight is 152 g/mol. The first-order chi connectivity index (χ1) is 5.24. The molecule has 1 fully saturated rings. The number of allylic oxidation sites excluding steroid dienone is 2. The van der Waals surface area contributed by atoms with Crippen molar-refractivity contribution in [1.29, 1.82) is 0 Å². The molecule has 0 spiro atoms. The predicted octanol–water partition coefficient (Wildman–Crippen LogP) is 2.57. The second kappa shape index (κ2) is 3.70. The van der Waals surface area contributed by atoms with Crippen LogP contribution in [0.2, 0.25) is 0 Å². The van der Waals surface area contributed by atoms with E-state index in [2.05, 4.69) is 13.0 Å². The molecule has 0 saturated heterocycles. The van der Waals surface area contributed by atoms with Crippen LogP contribution in [0.15, 0.2) is 11.6 Å². The van der Waals surface area contributed by atoms with Crippen molar-refractivity contribution in [3.05, 3.63) is 11.6 Å². The summed E-state index contributed by atoms with van der Waals surface area (Å²) in [5, 5.41) is 0. The van der Waals surface area contributed by atoms with Crippen molar-refractivity contribution in [1.82, 2.24) is 0 Å². The maximum absolute atomic E-state index is 10.2. The Balaban J connectivity index is 2.26. The summed E-state index contributed by atoms with van der Waals surface area (Å²) in [6.07, 6.45) is 6.82. The van der Waals surface area contributed by atoms with E-state index in [-0.39, 0.29) is 0 Å². The molecule has 2 unspecified atom stereocenters. The fourth-order valence-electron chi connectivity index (χ4n) is 1.47. The Kier molecular flexibility index (Phi) is 2.86. The van der Waals surface area contributed by atoms with E-state index in [1.54, 1.807) is 0 Å². The number of rotatable bonds is 3. The lowest BCUT2D eigenvalue weighted by Gasteiger charge is -2.33. The molecule has 0 aliphatic heterocycles. The fraction of sp³-hybridized carbons (Fsp3) is 0.700. The summed E-state index contributed by atoms with van der Waals surface area (Å²) in [5.41, 5.74) is 0.879. The van der Waals surface area contributed by atoms with Gasteiger partial charge in [-0.1, -0.05) is 19.4 Å². The topological polar surface area (TPSA) is 17.1 Å². The normalized spacial score (nSPS) is 31.3. The average Bonchev–Trinajstić information content (AvgIpc) is 2.01. The molecule has 0 aromatic carbocycles. The molecule has 0 bridgehead atoms. The highest BCUT2D eigenvalue weighted by Gasteiger charge is 2.24. The zero-order valence-corrected chi connectivity index (χ0v) is 7.34. The van der Waals surface area contributed by atoms with E-state index in [0.717, 1.165) is 30.1 Å². The SMILES string of the molecule is CC(C=O)=CCC1CCC1C. The van der Waals surface area contributed by atoms with Gasteiger partial charge in [0, 0.05) is 0 Å². The van der Waals surface area contributed by atoms with Gasteiger partial charge in [0.1, 0.15) is 6.29 Å². The lowest BCUT2D eigenvalue weighted by Crippen LogP contribution is -2.22. The number of aldehydes is 1. The summed E-state index contributed by atoms with van der Waals surface area (Å²) in [4.78, 5) is 10.2. The standard InChI is InChI=1S/C10H16O/c1-8(7-11)3-5-10-6-4-9(10)2/h3,7,9-10H,4-6H2,1-2H3. The molecule has 11 heavy (non-hydrogen) atoms. The summed E-state index contributed by atoms with van der Waals surface area (Å²) in [6.45, 7) is 4.16. The minimum absolute atomic E-state index is 0.852. The lowest BCUT2D eigenvalue weighted by molar-refractivity contribution is -0.104. The first-order valence-corrected chi connectivity index (χ1v) is 4.36.